The van der Waals surface area contributed by atoms with Crippen LogP contribution in [0.4, 0.5) is 0 Å². The molecule has 0 amide bonds. The van der Waals surface area contributed by atoms with Gasteiger partial charge >= 0.3 is 0 Å². The van der Waals surface area contributed by atoms with Gasteiger partial charge in [-0.15, -0.1) is 0 Å². The van der Waals surface area contributed by atoms with Gasteiger partial charge < -0.3 is 10.2 Å². The second-order valence-corrected chi connectivity index (χ2v) is 6.52. The number of nitrogens with one attached hydrogen (secondary N) is 1. The van der Waals surface area contributed by atoms with Gasteiger partial charge in [-0.25, -0.2) is 0 Å². The van der Waals surface area contributed by atoms with E-state index in [0.717, 1.165) is 12.5 Å². The molecule has 0 aromatic carbocycles. The highest BCUT2D eigenvalue weighted by atomic mass is 15.1. The van der Waals surface area contributed by atoms with Crippen LogP contribution in [0.5, 0.6) is 0 Å². The van der Waals surface area contributed by atoms with Crippen molar-refractivity contribution in [2.45, 2.75) is 59.8 Å². The van der Waals surface area contributed by atoms with E-state index in [9.17, 15) is 0 Å². The molecule has 1 unspecified atom stereocenters. The molecule has 108 valence electrons. The van der Waals surface area contributed by atoms with Gasteiger partial charge in [0.2, 0.25) is 0 Å². The summed E-state index contributed by atoms with van der Waals surface area (Å²) in [5.74, 6) is 1.02. The van der Waals surface area contributed by atoms with Crippen molar-refractivity contribution in [1.82, 2.24) is 10.2 Å². The Bertz CT molecular complexity index is 213. The van der Waals surface area contributed by atoms with Crippen LogP contribution >= 0.6 is 0 Å². The van der Waals surface area contributed by atoms with Gasteiger partial charge in [0.1, 0.15) is 0 Å². The molecule has 0 radical (unpaired) electrons. The molecule has 1 saturated carbocycles. The minimum atomic E-state index is 0.453. The van der Waals surface area contributed by atoms with Crippen molar-refractivity contribution in [3.05, 3.63) is 0 Å². The van der Waals surface area contributed by atoms with Crippen molar-refractivity contribution >= 4 is 0 Å². The first-order valence-corrected chi connectivity index (χ1v) is 8.06. The first-order chi connectivity index (χ1) is 8.63. The van der Waals surface area contributed by atoms with E-state index >= 15 is 0 Å². The third-order valence-electron chi connectivity index (χ3n) is 4.01. The summed E-state index contributed by atoms with van der Waals surface area (Å²) in [5, 5.41) is 3.56. The highest BCUT2D eigenvalue weighted by Gasteiger charge is 2.29. The highest BCUT2D eigenvalue weighted by Crippen LogP contribution is 2.31. The average molecular weight is 254 g/mol. The molecule has 18 heavy (non-hydrogen) atoms. The van der Waals surface area contributed by atoms with Gasteiger partial charge in [-0.2, -0.15) is 0 Å². The summed E-state index contributed by atoms with van der Waals surface area (Å²) in [5.41, 5.74) is 0.453. The molecule has 1 atom stereocenters. The molecule has 2 nitrogen and oxygen atoms in total. The standard InChI is InChI=1S/C16H34N2/c1-5-10-16(4,13-17-7-3)14-18(11-6-2)12-15-8-9-15/h15,17H,5-14H2,1-4H3. The van der Waals surface area contributed by atoms with Crippen LogP contribution in [0.2, 0.25) is 0 Å². The van der Waals surface area contributed by atoms with E-state index in [2.05, 4.69) is 37.9 Å². The van der Waals surface area contributed by atoms with Crippen LogP contribution in [-0.4, -0.2) is 37.6 Å². The van der Waals surface area contributed by atoms with Crippen LogP contribution in [0.15, 0.2) is 0 Å². The molecule has 1 aliphatic carbocycles. The Morgan fingerprint density at radius 3 is 2.39 bits per heavy atom. The molecule has 0 bridgehead atoms. The van der Waals surface area contributed by atoms with Crippen LogP contribution < -0.4 is 5.32 Å². The summed E-state index contributed by atoms with van der Waals surface area (Å²) in [6, 6.07) is 0. The lowest BCUT2D eigenvalue weighted by Crippen LogP contribution is -2.43. The molecule has 0 aromatic heterocycles. The SMILES string of the molecule is CCCN(CC1CC1)CC(C)(CCC)CNCC. The smallest absolute Gasteiger partial charge is 0.00476 e. The van der Waals surface area contributed by atoms with E-state index in [1.165, 1.54) is 58.3 Å². The molecule has 0 heterocycles. The summed E-state index contributed by atoms with van der Waals surface area (Å²) >= 11 is 0. The lowest BCUT2D eigenvalue weighted by atomic mass is 9.84. The van der Waals surface area contributed by atoms with Crippen molar-refractivity contribution in [2.75, 3.05) is 32.7 Å². The Labute approximate surface area is 115 Å². The van der Waals surface area contributed by atoms with Gasteiger partial charge in [-0.1, -0.05) is 34.1 Å². The zero-order valence-electron chi connectivity index (χ0n) is 13.1. The quantitative estimate of drug-likeness (QED) is 0.607. The molecule has 2 heteroatoms. The predicted octanol–water partition coefficient (Wildman–Crippen LogP) is 3.52. The van der Waals surface area contributed by atoms with E-state index in [1.807, 2.05) is 0 Å². The lowest BCUT2D eigenvalue weighted by molar-refractivity contribution is 0.145. The van der Waals surface area contributed by atoms with E-state index in [-0.39, 0.29) is 0 Å². The third-order valence-corrected chi connectivity index (χ3v) is 4.01. The van der Waals surface area contributed by atoms with Crippen molar-refractivity contribution < 1.29 is 0 Å². The fourth-order valence-electron chi connectivity index (χ4n) is 3.01. The van der Waals surface area contributed by atoms with Crippen molar-refractivity contribution in [3.8, 4) is 0 Å². The third kappa shape index (κ3) is 6.19. The Morgan fingerprint density at radius 1 is 1.17 bits per heavy atom. The molecule has 0 aromatic rings. The first kappa shape index (κ1) is 16.0. The lowest BCUT2D eigenvalue weighted by Gasteiger charge is -2.36. The monoisotopic (exact) mass is 254 g/mol. The maximum absolute atomic E-state index is 3.56. The fraction of sp³-hybridized carbons (Fsp3) is 1.00. The second kappa shape index (κ2) is 8.16. The maximum Gasteiger partial charge on any atom is 0.00476 e. The van der Waals surface area contributed by atoms with Crippen LogP contribution in [0.3, 0.4) is 0 Å². The van der Waals surface area contributed by atoms with Gasteiger partial charge in [0.25, 0.3) is 0 Å². The normalized spacial score (nSPS) is 19.2. The molecule has 1 rings (SSSR count). The first-order valence-electron chi connectivity index (χ1n) is 8.06. The van der Waals surface area contributed by atoms with Gasteiger partial charge in [-0.3, -0.25) is 0 Å². The number of rotatable bonds is 11. The van der Waals surface area contributed by atoms with Gasteiger partial charge in [0.05, 0.1) is 0 Å². The minimum absolute atomic E-state index is 0.453. The fourth-order valence-corrected chi connectivity index (χ4v) is 3.01. The zero-order valence-corrected chi connectivity index (χ0v) is 13.1. The predicted molar refractivity (Wildman–Crippen MR) is 81.0 cm³/mol. The van der Waals surface area contributed by atoms with Gasteiger partial charge in [-0.05, 0) is 50.1 Å². The molecular weight excluding hydrogens is 220 g/mol. The van der Waals surface area contributed by atoms with E-state index in [4.69, 9.17) is 0 Å². The van der Waals surface area contributed by atoms with E-state index < -0.39 is 0 Å². The van der Waals surface area contributed by atoms with Crippen LogP contribution in [0, 0.1) is 11.3 Å². The maximum atomic E-state index is 3.56. The Balaban J connectivity index is 2.47. The number of hydrogen-bond donors (Lipinski definition) is 1. The largest absolute Gasteiger partial charge is 0.316 e. The second-order valence-electron chi connectivity index (χ2n) is 6.52. The summed E-state index contributed by atoms with van der Waals surface area (Å²) in [7, 11) is 0. The average Bonchev–Trinajstić information content (AvgIpc) is 3.11. The molecule has 1 aliphatic rings. The van der Waals surface area contributed by atoms with Gasteiger partial charge in [0.15, 0.2) is 0 Å². The molecule has 1 fully saturated rings. The van der Waals surface area contributed by atoms with Crippen molar-refractivity contribution in [1.29, 1.82) is 0 Å². The molecule has 1 N–H and O–H groups in total. The molecular formula is C16H34N2. The van der Waals surface area contributed by atoms with E-state index in [1.54, 1.807) is 0 Å². The molecule has 0 saturated heterocycles. The zero-order chi connectivity index (χ0) is 13.4. The molecule has 0 spiro atoms. The summed E-state index contributed by atoms with van der Waals surface area (Å²) in [4.78, 5) is 2.73. The summed E-state index contributed by atoms with van der Waals surface area (Å²) in [6.07, 6.45) is 6.86. The van der Waals surface area contributed by atoms with Crippen LogP contribution in [-0.2, 0) is 0 Å². The van der Waals surface area contributed by atoms with Crippen LogP contribution in [0.25, 0.3) is 0 Å². The summed E-state index contributed by atoms with van der Waals surface area (Å²) in [6.45, 7) is 15.5. The van der Waals surface area contributed by atoms with Crippen molar-refractivity contribution in [2.24, 2.45) is 11.3 Å². The Morgan fingerprint density at radius 2 is 1.89 bits per heavy atom. The summed E-state index contributed by atoms with van der Waals surface area (Å²) < 4.78 is 0. The Hall–Kier alpha value is -0.0800. The Kier molecular flexibility index (Phi) is 7.25. The van der Waals surface area contributed by atoms with Gasteiger partial charge in [0, 0.05) is 19.6 Å². The number of hydrogen-bond acceptors (Lipinski definition) is 2. The highest BCUT2D eigenvalue weighted by molar-refractivity contribution is 4.84. The molecule has 0 aliphatic heterocycles. The van der Waals surface area contributed by atoms with E-state index in [0.29, 0.717) is 5.41 Å². The number of nitrogens with zero attached hydrogens (tertiary/aromatic N) is 1. The van der Waals surface area contributed by atoms with Crippen molar-refractivity contribution in [3.63, 3.8) is 0 Å². The topological polar surface area (TPSA) is 15.3 Å². The minimum Gasteiger partial charge on any atom is -0.316 e. The van der Waals surface area contributed by atoms with Crippen LogP contribution in [0.1, 0.15) is 59.8 Å².